The molecule has 1 unspecified atom stereocenters. The molecule has 1 aromatic rings. The van der Waals surface area contributed by atoms with Gasteiger partial charge in [-0.25, -0.2) is 0 Å². The molecule has 1 amide bonds. The van der Waals surface area contributed by atoms with Crippen LogP contribution in [0.25, 0.3) is 0 Å². The number of benzene rings is 1. The van der Waals surface area contributed by atoms with Crippen molar-refractivity contribution in [1.29, 1.82) is 0 Å². The van der Waals surface area contributed by atoms with E-state index in [2.05, 4.69) is 5.32 Å². The summed E-state index contributed by atoms with van der Waals surface area (Å²) in [7, 11) is 0. The Morgan fingerprint density at radius 1 is 1.32 bits per heavy atom. The van der Waals surface area contributed by atoms with Gasteiger partial charge in [-0.1, -0.05) is 13.3 Å². The Morgan fingerprint density at radius 2 is 2.05 bits per heavy atom. The maximum absolute atomic E-state index is 11.9. The van der Waals surface area contributed by atoms with Gasteiger partial charge in [0.05, 0.1) is 5.56 Å². The van der Waals surface area contributed by atoms with Crippen LogP contribution in [0, 0.1) is 5.92 Å². The van der Waals surface area contributed by atoms with Crippen molar-refractivity contribution in [2.75, 3.05) is 13.2 Å². The van der Waals surface area contributed by atoms with E-state index in [1.165, 1.54) is 18.2 Å². The Balaban J connectivity index is 2.61. The molecule has 0 radical (unpaired) electrons. The Bertz CT molecular complexity index is 414. The molecule has 0 heterocycles. The normalized spacial score (nSPS) is 12.1. The van der Waals surface area contributed by atoms with E-state index in [1.54, 1.807) is 0 Å². The molecule has 0 fully saturated rings. The quantitative estimate of drug-likeness (QED) is 0.565. The molecule has 0 aliphatic rings. The van der Waals surface area contributed by atoms with Crippen molar-refractivity contribution >= 4 is 5.91 Å². The molecular weight excluding hydrogens is 246 g/mol. The van der Waals surface area contributed by atoms with Crippen LogP contribution < -0.4 is 5.32 Å². The van der Waals surface area contributed by atoms with Gasteiger partial charge in [0.2, 0.25) is 0 Å². The number of amides is 1. The topological polar surface area (TPSA) is 89.8 Å². The van der Waals surface area contributed by atoms with E-state index in [4.69, 9.17) is 5.11 Å². The van der Waals surface area contributed by atoms with Crippen molar-refractivity contribution in [2.45, 2.75) is 26.2 Å². The molecule has 5 nitrogen and oxygen atoms in total. The molecule has 19 heavy (non-hydrogen) atoms. The molecule has 5 heteroatoms. The first-order chi connectivity index (χ1) is 9.08. The largest absolute Gasteiger partial charge is 0.508 e. The highest BCUT2D eigenvalue weighted by Gasteiger charge is 2.14. The minimum Gasteiger partial charge on any atom is -0.508 e. The summed E-state index contributed by atoms with van der Waals surface area (Å²) in [6.45, 7) is 2.59. The Labute approximate surface area is 112 Å². The van der Waals surface area contributed by atoms with Gasteiger partial charge >= 0.3 is 0 Å². The van der Waals surface area contributed by atoms with Crippen LogP contribution in [0.2, 0.25) is 0 Å². The Morgan fingerprint density at radius 3 is 2.68 bits per heavy atom. The fraction of sp³-hybridized carbons (Fsp3) is 0.500. The molecule has 0 aromatic heterocycles. The summed E-state index contributed by atoms with van der Waals surface area (Å²) in [5.74, 6) is -0.432. The zero-order chi connectivity index (χ0) is 14.3. The average Bonchev–Trinajstić information content (AvgIpc) is 2.39. The van der Waals surface area contributed by atoms with Crippen LogP contribution in [0.4, 0.5) is 0 Å². The summed E-state index contributed by atoms with van der Waals surface area (Å²) in [4.78, 5) is 11.9. The number of phenolic OH excluding ortho intramolecular Hbond substituents is 2. The molecule has 1 aromatic carbocycles. The Kier molecular flexibility index (Phi) is 6.15. The number of nitrogens with one attached hydrogen (secondary N) is 1. The lowest BCUT2D eigenvalue weighted by Gasteiger charge is -2.16. The second kappa shape index (κ2) is 7.63. The van der Waals surface area contributed by atoms with E-state index in [0.29, 0.717) is 13.0 Å². The van der Waals surface area contributed by atoms with Crippen molar-refractivity contribution < 1.29 is 20.1 Å². The van der Waals surface area contributed by atoms with Crippen LogP contribution in [0.1, 0.15) is 36.5 Å². The van der Waals surface area contributed by atoms with Crippen LogP contribution in [0.3, 0.4) is 0 Å². The second-order valence-electron chi connectivity index (χ2n) is 4.58. The average molecular weight is 267 g/mol. The summed E-state index contributed by atoms with van der Waals surface area (Å²) in [6.07, 6.45) is 2.55. The number of hydrogen-bond acceptors (Lipinski definition) is 4. The van der Waals surface area contributed by atoms with Crippen molar-refractivity contribution in [2.24, 2.45) is 5.92 Å². The molecule has 106 valence electrons. The van der Waals surface area contributed by atoms with Gasteiger partial charge < -0.3 is 20.6 Å². The van der Waals surface area contributed by atoms with Crippen LogP contribution in [0.5, 0.6) is 11.5 Å². The fourth-order valence-electron chi connectivity index (χ4n) is 1.98. The smallest absolute Gasteiger partial charge is 0.255 e. The molecule has 1 rings (SSSR count). The van der Waals surface area contributed by atoms with Gasteiger partial charge in [0, 0.05) is 13.2 Å². The second-order valence-corrected chi connectivity index (χ2v) is 4.58. The lowest BCUT2D eigenvalue weighted by atomic mass is 10.00. The summed E-state index contributed by atoms with van der Waals surface area (Å²) in [6, 6.07) is 3.82. The highest BCUT2D eigenvalue weighted by atomic mass is 16.3. The summed E-state index contributed by atoms with van der Waals surface area (Å²) < 4.78 is 0. The fourth-order valence-corrected chi connectivity index (χ4v) is 1.98. The molecule has 0 saturated heterocycles. The van der Waals surface area contributed by atoms with Gasteiger partial charge in [0.25, 0.3) is 5.91 Å². The van der Waals surface area contributed by atoms with Crippen LogP contribution >= 0.6 is 0 Å². The van der Waals surface area contributed by atoms with Gasteiger partial charge in [0.15, 0.2) is 0 Å². The van der Waals surface area contributed by atoms with Gasteiger partial charge in [-0.15, -0.1) is 0 Å². The van der Waals surface area contributed by atoms with Crippen LogP contribution in [-0.2, 0) is 0 Å². The van der Waals surface area contributed by atoms with Gasteiger partial charge in [-0.3, -0.25) is 4.79 Å². The predicted molar refractivity (Wildman–Crippen MR) is 72.2 cm³/mol. The first kappa shape index (κ1) is 15.3. The summed E-state index contributed by atoms with van der Waals surface area (Å²) >= 11 is 0. The van der Waals surface area contributed by atoms with E-state index >= 15 is 0 Å². The number of aromatic hydroxyl groups is 2. The van der Waals surface area contributed by atoms with E-state index < -0.39 is 5.91 Å². The lowest BCUT2D eigenvalue weighted by molar-refractivity contribution is 0.0940. The number of rotatable bonds is 7. The maximum atomic E-state index is 11.9. The van der Waals surface area contributed by atoms with Gasteiger partial charge in [0.1, 0.15) is 11.5 Å². The maximum Gasteiger partial charge on any atom is 0.255 e. The van der Waals surface area contributed by atoms with E-state index in [0.717, 1.165) is 12.8 Å². The molecule has 4 N–H and O–H groups in total. The van der Waals surface area contributed by atoms with E-state index in [1.807, 2.05) is 6.92 Å². The number of phenols is 2. The first-order valence-electron chi connectivity index (χ1n) is 6.49. The van der Waals surface area contributed by atoms with Crippen LogP contribution in [0.15, 0.2) is 18.2 Å². The van der Waals surface area contributed by atoms with Crippen molar-refractivity contribution in [3.05, 3.63) is 23.8 Å². The van der Waals surface area contributed by atoms with Gasteiger partial charge in [-0.2, -0.15) is 0 Å². The summed E-state index contributed by atoms with van der Waals surface area (Å²) in [5, 5.41) is 30.5. The van der Waals surface area contributed by atoms with Crippen molar-refractivity contribution in [3.8, 4) is 11.5 Å². The van der Waals surface area contributed by atoms with Crippen molar-refractivity contribution in [3.63, 3.8) is 0 Å². The minimum atomic E-state index is -0.424. The molecule has 0 saturated carbocycles. The van der Waals surface area contributed by atoms with E-state index in [-0.39, 0.29) is 29.6 Å². The first-order valence-corrected chi connectivity index (χ1v) is 6.49. The predicted octanol–water partition coefficient (Wildman–Crippen LogP) is 1.63. The highest BCUT2D eigenvalue weighted by Crippen LogP contribution is 2.22. The highest BCUT2D eigenvalue weighted by molar-refractivity contribution is 5.97. The standard InChI is InChI=1S/C14H21NO4/c1-2-3-10(6-7-16)9-15-14(19)12-8-11(17)4-5-13(12)18/h4-5,8,10,16-18H,2-3,6-7,9H2,1H3,(H,15,19). The zero-order valence-electron chi connectivity index (χ0n) is 11.1. The summed E-state index contributed by atoms with van der Waals surface area (Å²) in [5.41, 5.74) is 0.0549. The van der Waals surface area contributed by atoms with E-state index in [9.17, 15) is 15.0 Å². The molecule has 0 aliphatic heterocycles. The third-order valence-corrected chi connectivity index (χ3v) is 3.01. The van der Waals surface area contributed by atoms with Crippen LogP contribution in [-0.4, -0.2) is 34.4 Å². The Hall–Kier alpha value is -1.75. The third-order valence-electron chi connectivity index (χ3n) is 3.01. The number of aliphatic hydroxyl groups is 1. The molecule has 0 bridgehead atoms. The number of carbonyl (C=O) groups is 1. The monoisotopic (exact) mass is 267 g/mol. The van der Waals surface area contributed by atoms with Crippen molar-refractivity contribution in [1.82, 2.24) is 5.32 Å². The number of hydrogen-bond donors (Lipinski definition) is 4. The molecule has 0 aliphatic carbocycles. The zero-order valence-corrected chi connectivity index (χ0v) is 11.1. The SMILES string of the molecule is CCCC(CCO)CNC(=O)c1cc(O)ccc1O. The lowest BCUT2D eigenvalue weighted by Crippen LogP contribution is -2.29. The number of aliphatic hydroxyl groups excluding tert-OH is 1. The number of carbonyl (C=O) groups excluding carboxylic acids is 1. The molecular formula is C14H21NO4. The third kappa shape index (κ3) is 4.79. The molecule has 0 spiro atoms. The molecule has 1 atom stereocenters. The minimum absolute atomic E-state index is 0.0549. The van der Waals surface area contributed by atoms with Gasteiger partial charge in [-0.05, 0) is 37.0 Å².